The summed E-state index contributed by atoms with van der Waals surface area (Å²) in [6.07, 6.45) is 0. The van der Waals surface area contributed by atoms with Crippen LogP contribution in [0.1, 0.15) is 16.7 Å². The standard InChI is InChI=1S/C26H12N4S2/c1-28-18-8-6-17(7-9-18)26-30-20-11-12-21-23-19(10-13-22(32-26)24(20)23)29-25(31-21)16-4-2-15(14-27)3-5-16/h2-13H. The van der Waals surface area contributed by atoms with E-state index in [1.807, 2.05) is 48.5 Å². The first-order valence-corrected chi connectivity index (χ1v) is 11.5. The Hall–Kier alpha value is -3.84. The number of hydrogen-bond acceptors (Lipinski definition) is 5. The first kappa shape index (κ1) is 18.9. The molecule has 2 heterocycles. The van der Waals surface area contributed by atoms with Crippen LogP contribution >= 0.6 is 23.5 Å². The van der Waals surface area contributed by atoms with Crippen LogP contribution in [0.15, 0.2) is 92.6 Å². The third-order valence-electron chi connectivity index (χ3n) is 5.40. The van der Waals surface area contributed by atoms with Crippen LogP contribution in [-0.2, 0) is 0 Å². The molecule has 0 saturated carbocycles. The minimum atomic E-state index is 0.627. The monoisotopic (exact) mass is 444 g/mol. The SMILES string of the molecule is [C-]#[N+]c1ccc(C2=Nc3ccc4c5c(ccc(c35)S2)N=C(c2ccc(C#N)cc2)S4)cc1. The normalized spacial score (nSPS) is 13.7. The van der Waals surface area contributed by atoms with Gasteiger partial charge in [0.05, 0.1) is 29.6 Å². The quantitative estimate of drug-likeness (QED) is 0.299. The van der Waals surface area contributed by atoms with Crippen LogP contribution in [0.5, 0.6) is 0 Å². The molecule has 0 unspecified atom stereocenters. The van der Waals surface area contributed by atoms with Crippen molar-refractivity contribution in [1.82, 2.24) is 0 Å². The third-order valence-corrected chi connectivity index (χ3v) is 7.56. The summed E-state index contributed by atoms with van der Waals surface area (Å²) in [4.78, 5) is 15.7. The van der Waals surface area contributed by atoms with Gasteiger partial charge in [0.1, 0.15) is 10.1 Å². The maximum absolute atomic E-state index is 9.06. The first-order chi connectivity index (χ1) is 15.7. The van der Waals surface area contributed by atoms with Gasteiger partial charge in [-0.25, -0.2) is 14.8 Å². The fraction of sp³-hybridized carbons (Fsp3) is 0. The number of rotatable bonds is 2. The molecule has 2 aliphatic heterocycles. The maximum Gasteiger partial charge on any atom is 0.187 e. The van der Waals surface area contributed by atoms with E-state index < -0.39 is 0 Å². The van der Waals surface area contributed by atoms with Gasteiger partial charge in [-0.05, 0) is 36.4 Å². The second-order valence-corrected chi connectivity index (χ2v) is 9.36. The highest BCUT2D eigenvalue weighted by Gasteiger charge is 2.24. The van der Waals surface area contributed by atoms with E-state index in [1.165, 1.54) is 0 Å². The number of nitriles is 1. The molecule has 0 bridgehead atoms. The summed E-state index contributed by atoms with van der Waals surface area (Å²) < 4.78 is 0. The van der Waals surface area contributed by atoms with Crippen LogP contribution in [0.2, 0.25) is 0 Å². The topological polar surface area (TPSA) is 52.9 Å². The van der Waals surface area contributed by atoms with E-state index in [0.29, 0.717) is 11.3 Å². The van der Waals surface area contributed by atoms with E-state index in [2.05, 4.69) is 35.2 Å². The molecule has 6 heteroatoms. The van der Waals surface area contributed by atoms with Crippen molar-refractivity contribution in [2.75, 3.05) is 0 Å². The number of benzene rings is 4. The first-order valence-electron chi connectivity index (χ1n) is 9.85. The molecule has 0 fully saturated rings. The highest BCUT2D eigenvalue weighted by Crippen LogP contribution is 2.50. The predicted molar refractivity (Wildman–Crippen MR) is 132 cm³/mol. The molecule has 0 radical (unpaired) electrons. The van der Waals surface area contributed by atoms with Crippen molar-refractivity contribution in [2.45, 2.75) is 9.79 Å². The second kappa shape index (κ2) is 7.39. The van der Waals surface area contributed by atoms with Crippen molar-refractivity contribution in [3.63, 3.8) is 0 Å². The van der Waals surface area contributed by atoms with Gasteiger partial charge in [-0.2, -0.15) is 5.26 Å². The van der Waals surface area contributed by atoms with Crippen molar-refractivity contribution < 1.29 is 0 Å². The zero-order valence-electron chi connectivity index (χ0n) is 16.5. The molecule has 4 aromatic rings. The summed E-state index contributed by atoms with van der Waals surface area (Å²) in [6.45, 7) is 7.15. The van der Waals surface area contributed by atoms with Gasteiger partial charge in [0.25, 0.3) is 0 Å². The van der Waals surface area contributed by atoms with Gasteiger partial charge in [0.15, 0.2) is 5.69 Å². The highest BCUT2D eigenvalue weighted by molar-refractivity contribution is 8.15. The average Bonchev–Trinajstić information content (AvgIpc) is 2.87. The Morgan fingerprint density at radius 2 is 1.19 bits per heavy atom. The zero-order chi connectivity index (χ0) is 21.7. The Balaban J connectivity index is 1.46. The van der Waals surface area contributed by atoms with Gasteiger partial charge in [0.2, 0.25) is 0 Å². The molecule has 0 N–H and O–H groups in total. The van der Waals surface area contributed by atoms with Crippen molar-refractivity contribution in [3.8, 4) is 6.07 Å². The van der Waals surface area contributed by atoms with E-state index in [4.69, 9.17) is 21.8 Å². The molecule has 4 nitrogen and oxygen atoms in total. The minimum Gasteiger partial charge on any atom is -0.240 e. The molecule has 2 aliphatic rings. The van der Waals surface area contributed by atoms with Gasteiger partial charge in [-0.3, -0.25) is 0 Å². The Kier molecular flexibility index (Phi) is 4.36. The van der Waals surface area contributed by atoms with Crippen LogP contribution in [0, 0.1) is 17.9 Å². The van der Waals surface area contributed by atoms with E-state index in [9.17, 15) is 0 Å². The summed E-state index contributed by atoms with van der Waals surface area (Å²) in [6, 6.07) is 25.7. The van der Waals surface area contributed by atoms with Gasteiger partial charge >= 0.3 is 0 Å². The summed E-state index contributed by atoms with van der Waals surface area (Å²) in [5.74, 6) is 0. The molecule has 0 saturated heterocycles. The average molecular weight is 445 g/mol. The molecule has 0 spiro atoms. The number of aliphatic imine (C=N–C) groups is 2. The summed E-state index contributed by atoms with van der Waals surface area (Å²) >= 11 is 3.30. The molecule has 6 rings (SSSR count). The zero-order valence-corrected chi connectivity index (χ0v) is 18.2. The highest BCUT2D eigenvalue weighted by atomic mass is 32.2. The predicted octanol–water partition coefficient (Wildman–Crippen LogP) is 7.63. The van der Waals surface area contributed by atoms with Crippen LogP contribution < -0.4 is 0 Å². The van der Waals surface area contributed by atoms with Gasteiger partial charge in [0, 0.05) is 31.7 Å². The number of hydrogen-bond donors (Lipinski definition) is 0. The lowest BCUT2D eigenvalue weighted by Crippen LogP contribution is -2.03. The molecular weight excluding hydrogens is 432 g/mol. The van der Waals surface area contributed by atoms with Crippen LogP contribution in [0.4, 0.5) is 17.1 Å². The number of nitrogens with zero attached hydrogens (tertiary/aromatic N) is 4. The fourth-order valence-electron chi connectivity index (χ4n) is 3.84. The summed E-state index contributed by atoms with van der Waals surface area (Å²) in [7, 11) is 0. The number of thioether (sulfide) groups is 2. The van der Waals surface area contributed by atoms with Gasteiger partial charge < -0.3 is 0 Å². The molecule has 0 atom stereocenters. The molecule has 32 heavy (non-hydrogen) atoms. The maximum atomic E-state index is 9.06. The van der Waals surface area contributed by atoms with E-state index in [1.54, 1.807) is 23.5 Å². The minimum absolute atomic E-state index is 0.627. The molecule has 0 amide bonds. The summed E-state index contributed by atoms with van der Waals surface area (Å²) in [5, 5.41) is 13.2. The Morgan fingerprint density at radius 3 is 1.66 bits per heavy atom. The van der Waals surface area contributed by atoms with Crippen LogP contribution in [0.3, 0.4) is 0 Å². The van der Waals surface area contributed by atoms with Crippen molar-refractivity contribution in [3.05, 3.63) is 101 Å². The fourth-order valence-corrected chi connectivity index (χ4v) is 5.94. The van der Waals surface area contributed by atoms with Gasteiger partial charge in [-0.15, -0.1) is 0 Å². The van der Waals surface area contributed by atoms with E-state index in [-0.39, 0.29) is 0 Å². The molecule has 4 aromatic carbocycles. The second-order valence-electron chi connectivity index (χ2n) is 7.30. The largest absolute Gasteiger partial charge is 0.240 e. The lowest BCUT2D eigenvalue weighted by atomic mass is 10.1. The smallest absolute Gasteiger partial charge is 0.187 e. The van der Waals surface area contributed by atoms with Crippen molar-refractivity contribution in [1.29, 1.82) is 5.26 Å². The van der Waals surface area contributed by atoms with Crippen molar-refractivity contribution >= 4 is 61.4 Å². The molecule has 0 aromatic heterocycles. The van der Waals surface area contributed by atoms with Crippen LogP contribution in [-0.4, -0.2) is 10.1 Å². The molecule has 148 valence electrons. The van der Waals surface area contributed by atoms with E-state index in [0.717, 1.165) is 53.2 Å². The molecule has 0 aliphatic carbocycles. The lowest BCUT2D eigenvalue weighted by molar-refractivity contribution is 1.40. The van der Waals surface area contributed by atoms with Crippen molar-refractivity contribution in [2.24, 2.45) is 9.98 Å². The van der Waals surface area contributed by atoms with Gasteiger partial charge in [-0.1, -0.05) is 59.9 Å². The lowest BCUT2D eigenvalue weighted by Gasteiger charge is -2.22. The molecular formula is C26H12N4S2. The summed E-state index contributed by atoms with van der Waals surface area (Å²) in [5.41, 5.74) is 5.17. The van der Waals surface area contributed by atoms with Crippen LogP contribution in [0.25, 0.3) is 15.6 Å². The third kappa shape index (κ3) is 3.01. The van der Waals surface area contributed by atoms with E-state index >= 15 is 0 Å². The Labute approximate surface area is 193 Å². The Bertz CT molecular complexity index is 1450. The Morgan fingerprint density at radius 1 is 0.688 bits per heavy atom.